The van der Waals surface area contributed by atoms with Crippen LogP contribution in [0.1, 0.15) is 39.7 Å². The summed E-state index contributed by atoms with van der Waals surface area (Å²) >= 11 is 0. The molecule has 0 aliphatic carbocycles. The van der Waals surface area contributed by atoms with Crippen molar-refractivity contribution < 1.29 is 41.0 Å². The summed E-state index contributed by atoms with van der Waals surface area (Å²) in [6.07, 6.45) is -11.8. The van der Waals surface area contributed by atoms with Gasteiger partial charge in [0.2, 0.25) is 0 Å². The molecule has 1 N–H and O–H groups in total. The molecule has 31 heavy (non-hydrogen) atoms. The molecule has 1 fully saturated rings. The molecule has 0 aromatic heterocycles. The standard InChI is InChI=1S/C20H26F6N2O3/c1-5-14-12-27(16(29)31-17(2,3)4)10-11-28(14)15-8-6-13(7-9-15)18(30,19(21,22)23)20(24,25)26/h6-9,14,30H,5,10-12H2,1-4H3. The van der Waals surface area contributed by atoms with Gasteiger partial charge < -0.3 is 19.6 Å². The molecule has 0 radical (unpaired) electrons. The number of aliphatic hydroxyl groups is 1. The van der Waals surface area contributed by atoms with E-state index in [1.165, 1.54) is 4.90 Å². The minimum absolute atomic E-state index is 0.212. The summed E-state index contributed by atoms with van der Waals surface area (Å²) in [5.41, 5.74) is -6.54. The summed E-state index contributed by atoms with van der Waals surface area (Å²) in [6.45, 7) is 7.97. The highest BCUT2D eigenvalue weighted by atomic mass is 19.4. The number of halogens is 6. The Morgan fingerprint density at radius 1 is 1.03 bits per heavy atom. The molecule has 1 saturated heterocycles. The number of ether oxygens (including phenoxy) is 1. The van der Waals surface area contributed by atoms with E-state index in [-0.39, 0.29) is 12.6 Å². The zero-order valence-electron chi connectivity index (χ0n) is 17.6. The lowest BCUT2D eigenvalue weighted by Gasteiger charge is -2.43. The summed E-state index contributed by atoms with van der Waals surface area (Å²) in [5, 5.41) is 9.52. The minimum Gasteiger partial charge on any atom is -0.444 e. The Labute approximate surface area is 176 Å². The second-order valence-electron chi connectivity index (χ2n) is 8.43. The van der Waals surface area contributed by atoms with Gasteiger partial charge in [0, 0.05) is 36.9 Å². The monoisotopic (exact) mass is 456 g/mol. The van der Waals surface area contributed by atoms with Crippen molar-refractivity contribution in [3.05, 3.63) is 29.8 Å². The van der Waals surface area contributed by atoms with Crippen molar-refractivity contribution >= 4 is 11.8 Å². The second kappa shape index (κ2) is 8.40. The van der Waals surface area contributed by atoms with Crippen LogP contribution in [0.5, 0.6) is 0 Å². The van der Waals surface area contributed by atoms with Crippen molar-refractivity contribution in [2.75, 3.05) is 24.5 Å². The van der Waals surface area contributed by atoms with Crippen molar-refractivity contribution in [1.29, 1.82) is 0 Å². The van der Waals surface area contributed by atoms with E-state index in [2.05, 4.69) is 0 Å². The van der Waals surface area contributed by atoms with Crippen LogP contribution in [0.2, 0.25) is 0 Å². The smallest absolute Gasteiger partial charge is 0.430 e. The molecule has 176 valence electrons. The van der Waals surface area contributed by atoms with Crippen LogP contribution in [0.25, 0.3) is 0 Å². The second-order valence-corrected chi connectivity index (χ2v) is 8.43. The molecule has 1 unspecified atom stereocenters. The molecule has 0 spiro atoms. The number of hydrogen-bond acceptors (Lipinski definition) is 4. The Hall–Kier alpha value is -2.17. The van der Waals surface area contributed by atoms with Crippen LogP contribution >= 0.6 is 0 Å². The summed E-state index contributed by atoms with van der Waals surface area (Å²) in [5.74, 6) is 0. The summed E-state index contributed by atoms with van der Waals surface area (Å²) in [6, 6.07) is 3.27. The lowest BCUT2D eigenvalue weighted by molar-refractivity contribution is -0.376. The van der Waals surface area contributed by atoms with Gasteiger partial charge >= 0.3 is 18.4 Å². The Balaban J connectivity index is 2.24. The van der Waals surface area contributed by atoms with Gasteiger partial charge in [0.25, 0.3) is 5.60 Å². The van der Waals surface area contributed by atoms with E-state index in [1.54, 1.807) is 20.8 Å². The Kier molecular flexibility index (Phi) is 6.80. The molecule has 1 aliphatic rings. The molecule has 1 aromatic carbocycles. The first-order valence-electron chi connectivity index (χ1n) is 9.72. The maximum atomic E-state index is 13.1. The largest absolute Gasteiger partial charge is 0.444 e. The Bertz CT molecular complexity index is 757. The highest BCUT2D eigenvalue weighted by Gasteiger charge is 2.71. The number of carbonyl (C=O) groups excluding carboxylic acids is 1. The molecule has 5 nitrogen and oxygen atoms in total. The third-order valence-electron chi connectivity index (χ3n) is 5.04. The summed E-state index contributed by atoms with van der Waals surface area (Å²) in [7, 11) is 0. The zero-order valence-corrected chi connectivity index (χ0v) is 17.6. The Morgan fingerprint density at radius 2 is 1.55 bits per heavy atom. The number of carbonyl (C=O) groups is 1. The molecule has 0 bridgehead atoms. The van der Waals surface area contributed by atoms with Gasteiger partial charge in [0.05, 0.1) is 0 Å². The predicted molar refractivity (Wildman–Crippen MR) is 102 cm³/mol. The van der Waals surface area contributed by atoms with Gasteiger partial charge in [-0.2, -0.15) is 26.3 Å². The molecular weight excluding hydrogens is 430 g/mol. The van der Waals surface area contributed by atoms with Gasteiger partial charge in [-0.1, -0.05) is 19.1 Å². The summed E-state index contributed by atoms with van der Waals surface area (Å²) < 4.78 is 83.7. The van der Waals surface area contributed by atoms with Crippen LogP contribution in [-0.4, -0.2) is 59.7 Å². The van der Waals surface area contributed by atoms with Gasteiger partial charge in [0.15, 0.2) is 0 Å². The van der Waals surface area contributed by atoms with Crippen molar-refractivity contribution in [3.63, 3.8) is 0 Å². The van der Waals surface area contributed by atoms with Gasteiger partial charge in [-0.3, -0.25) is 0 Å². The molecule has 1 atom stereocenters. The fourth-order valence-electron chi connectivity index (χ4n) is 3.42. The highest BCUT2D eigenvalue weighted by Crippen LogP contribution is 2.50. The first kappa shape index (κ1) is 25.1. The van der Waals surface area contributed by atoms with E-state index < -0.39 is 35.2 Å². The number of amides is 1. The van der Waals surface area contributed by atoms with Crippen LogP contribution in [-0.2, 0) is 10.3 Å². The molecule has 1 amide bonds. The van der Waals surface area contributed by atoms with Crippen molar-refractivity contribution in [1.82, 2.24) is 4.90 Å². The number of rotatable bonds is 3. The molecular formula is C20H26F6N2O3. The number of alkyl halides is 6. The SMILES string of the molecule is CCC1CN(C(=O)OC(C)(C)C)CCN1c1ccc(C(O)(C(F)(F)F)C(F)(F)F)cc1. The van der Waals surface area contributed by atoms with E-state index in [0.717, 1.165) is 12.1 Å². The number of piperazine rings is 1. The average Bonchev–Trinajstić information content (AvgIpc) is 2.63. The predicted octanol–water partition coefficient (Wildman–Crippen LogP) is 4.83. The lowest BCUT2D eigenvalue weighted by atomic mass is 9.92. The van der Waals surface area contributed by atoms with Crippen LogP contribution in [0.15, 0.2) is 24.3 Å². The molecule has 1 aliphatic heterocycles. The Morgan fingerprint density at radius 3 is 1.97 bits per heavy atom. The fraction of sp³-hybridized carbons (Fsp3) is 0.650. The first-order valence-corrected chi connectivity index (χ1v) is 9.72. The minimum atomic E-state index is -5.93. The van der Waals surface area contributed by atoms with Crippen LogP contribution in [0.3, 0.4) is 0 Å². The number of anilines is 1. The third kappa shape index (κ3) is 5.19. The van der Waals surface area contributed by atoms with Gasteiger partial charge in [-0.15, -0.1) is 0 Å². The van der Waals surface area contributed by atoms with Crippen LogP contribution in [0, 0.1) is 0 Å². The fourth-order valence-corrected chi connectivity index (χ4v) is 3.42. The third-order valence-corrected chi connectivity index (χ3v) is 5.04. The normalized spacial score (nSPS) is 18.9. The van der Waals surface area contributed by atoms with E-state index in [4.69, 9.17) is 4.74 Å². The lowest BCUT2D eigenvalue weighted by Crippen LogP contribution is -2.55. The molecule has 2 rings (SSSR count). The van der Waals surface area contributed by atoms with Gasteiger partial charge in [-0.25, -0.2) is 4.79 Å². The maximum Gasteiger partial charge on any atom is 0.430 e. The van der Waals surface area contributed by atoms with E-state index in [1.807, 2.05) is 11.8 Å². The molecule has 0 saturated carbocycles. The van der Waals surface area contributed by atoms with Gasteiger partial charge in [0.1, 0.15) is 5.60 Å². The first-order chi connectivity index (χ1) is 14.0. The maximum absolute atomic E-state index is 13.1. The van der Waals surface area contributed by atoms with E-state index >= 15 is 0 Å². The number of nitrogens with zero attached hydrogens (tertiary/aromatic N) is 2. The average molecular weight is 456 g/mol. The summed E-state index contributed by atoms with van der Waals surface area (Å²) in [4.78, 5) is 15.6. The molecule has 1 heterocycles. The van der Waals surface area contributed by atoms with Crippen molar-refractivity contribution in [3.8, 4) is 0 Å². The highest BCUT2D eigenvalue weighted by molar-refractivity contribution is 5.69. The van der Waals surface area contributed by atoms with Crippen LogP contribution < -0.4 is 4.90 Å². The van der Waals surface area contributed by atoms with Crippen molar-refractivity contribution in [2.45, 2.75) is 63.7 Å². The zero-order chi connectivity index (χ0) is 23.8. The quantitative estimate of drug-likeness (QED) is 0.662. The number of hydrogen-bond donors (Lipinski definition) is 1. The van der Waals surface area contributed by atoms with E-state index in [0.29, 0.717) is 37.3 Å². The van der Waals surface area contributed by atoms with Gasteiger partial charge in [-0.05, 0) is 39.3 Å². The molecule has 1 aromatic rings. The number of benzene rings is 1. The van der Waals surface area contributed by atoms with E-state index in [9.17, 15) is 36.2 Å². The van der Waals surface area contributed by atoms with Crippen molar-refractivity contribution in [2.24, 2.45) is 0 Å². The topological polar surface area (TPSA) is 53.0 Å². The molecule has 11 heteroatoms. The van der Waals surface area contributed by atoms with Crippen LogP contribution in [0.4, 0.5) is 36.8 Å².